The molecule has 2 spiro atoms. The molecule has 3 aliphatic carbocycles. The molecule has 7 atom stereocenters. The average molecular weight is 290 g/mol. The van der Waals surface area contributed by atoms with Gasteiger partial charge in [0.2, 0.25) is 0 Å². The highest BCUT2D eigenvalue weighted by molar-refractivity contribution is 5.99. The van der Waals surface area contributed by atoms with Crippen molar-refractivity contribution in [2.75, 3.05) is 0 Å². The molecule has 5 aliphatic rings. The number of ether oxygens (including phenoxy) is 2. The Morgan fingerprint density at radius 2 is 1.76 bits per heavy atom. The van der Waals surface area contributed by atoms with Gasteiger partial charge < -0.3 is 9.47 Å². The van der Waals surface area contributed by atoms with Crippen molar-refractivity contribution in [3.05, 3.63) is 0 Å². The maximum absolute atomic E-state index is 12.5. The lowest BCUT2D eigenvalue weighted by Gasteiger charge is -2.51. The highest BCUT2D eigenvalue weighted by Crippen LogP contribution is 2.90. The van der Waals surface area contributed by atoms with Crippen LogP contribution in [0.2, 0.25) is 0 Å². The molecule has 5 fully saturated rings. The molecule has 4 nitrogen and oxygen atoms in total. The first-order valence-corrected chi connectivity index (χ1v) is 8.17. The highest BCUT2D eigenvalue weighted by atomic mass is 16.6. The van der Waals surface area contributed by atoms with Crippen LogP contribution >= 0.6 is 0 Å². The van der Waals surface area contributed by atoms with Gasteiger partial charge in [0.15, 0.2) is 0 Å². The maximum Gasteiger partial charge on any atom is 0.318 e. The third kappa shape index (κ3) is 0.870. The molecule has 4 heteroatoms. The van der Waals surface area contributed by atoms with Crippen LogP contribution in [0.15, 0.2) is 0 Å². The molecule has 5 rings (SSSR count). The maximum atomic E-state index is 12.5. The van der Waals surface area contributed by atoms with E-state index in [0.29, 0.717) is 5.92 Å². The van der Waals surface area contributed by atoms with Crippen LogP contribution in [-0.4, -0.2) is 23.6 Å². The van der Waals surface area contributed by atoms with E-state index in [2.05, 4.69) is 27.7 Å². The zero-order chi connectivity index (χ0) is 15.0. The summed E-state index contributed by atoms with van der Waals surface area (Å²) >= 11 is 0. The SMILES string of the molecule is C[C@@H]1CC[C@@]23[C@H]4C(=O)OC(=O)[C@H]4[C@](C)([C@@H]4O[C@]42C1)C3(C)C. The van der Waals surface area contributed by atoms with Gasteiger partial charge in [-0.15, -0.1) is 0 Å². The van der Waals surface area contributed by atoms with Gasteiger partial charge in [0.05, 0.1) is 17.9 Å². The van der Waals surface area contributed by atoms with Crippen molar-refractivity contribution >= 4 is 11.9 Å². The van der Waals surface area contributed by atoms with E-state index in [1.54, 1.807) is 0 Å². The lowest BCUT2D eigenvalue weighted by molar-refractivity contribution is -0.165. The fraction of sp³-hybridized carbons (Fsp3) is 0.882. The summed E-state index contributed by atoms with van der Waals surface area (Å²) in [6.07, 6.45) is 3.25. The van der Waals surface area contributed by atoms with Crippen LogP contribution in [-0.2, 0) is 19.1 Å². The van der Waals surface area contributed by atoms with E-state index in [-0.39, 0.29) is 51.7 Å². The molecule has 0 aromatic carbocycles. The normalized spacial score (nSPS) is 62.1. The van der Waals surface area contributed by atoms with Gasteiger partial charge in [0.25, 0.3) is 0 Å². The third-order valence-corrected chi connectivity index (χ3v) is 8.36. The van der Waals surface area contributed by atoms with Crippen molar-refractivity contribution in [3.63, 3.8) is 0 Å². The topological polar surface area (TPSA) is 55.9 Å². The van der Waals surface area contributed by atoms with E-state index < -0.39 is 0 Å². The number of carbonyl (C=O) groups is 2. The first-order valence-electron chi connectivity index (χ1n) is 8.17. The second-order valence-electron chi connectivity index (χ2n) is 8.81. The van der Waals surface area contributed by atoms with Crippen LogP contribution in [0.25, 0.3) is 0 Å². The quantitative estimate of drug-likeness (QED) is 0.390. The van der Waals surface area contributed by atoms with E-state index in [0.717, 1.165) is 19.3 Å². The van der Waals surface area contributed by atoms with Crippen LogP contribution in [0.4, 0.5) is 0 Å². The summed E-state index contributed by atoms with van der Waals surface area (Å²) in [7, 11) is 0. The molecule has 0 N–H and O–H groups in total. The fourth-order valence-corrected chi connectivity index (χ4v) is 7.35. The first-order chi connectivity index (χ1) is 9.74. The molecule has 2 bridgehead atoms. The monoisotopic (exact) mass is 290 g/mol. The van der Waals surface area contributed by atoms with E-state index in [9.17, 15) is 9.59 Å². The fourth-order valence-electron chi connectivity index (χ4n) is 7.35. The largest absolute Gasteiger partial charge is 0.393 e. The van der Waals surface area contributed by atoms with Crippen LogP contribution in [0.3, 0.4) is 0 Å². The van der Waals surface area contributed by atoms with Gasteiger partial charge in [-0.2, -0.15) is 0 Å². The van der Waals surface area contributed by atoms with Crippen molar-refractivity contribution in [2.24, 2.45) is 34.0 Å². The van der Waals surface area contributed by atoms with Crippen molar-refractivity contribution in [1.29, 1.82) is 0 Å². The minimum atomic E-state index is -0.305. The third-order valence-electron chi connectivity index (χ3n) is 8.36. The molecule has 2 heterocycles. The van der Waals surface area contributed by atoms with Gasteiger partial charge in [-0.1, -0.05) is 27.7 Å². The Hall–Kier alpha value is -0.900. The van der Waals surface area contributed by atoms with Crippen LogP contribution in [0.1, 0.15) is 47.0 Å². The van der Waals surface area contributed by atoms with Gasteiger partial charge in [-0.05, 0) is 30.6 Å². The zero-order valence-corrected chi connectivity index (χ0v) is 13.1. The molecule has 0 amide bonds. The summed E-state index contributed by atoms with van der Waals surface area (Å²) in [5.41, 5.74) is -0.716. The molecular weight excluding hydrogens is 268 g/mol. The Bertz CT molecular complexity index is 610. The van der Waals surface area contributed by atoms with Gasteiger partial charge >= 0.3 is 11.9 Å². The van der Waals surface area contributed by atoms with E-state index >= 15 is 0 Å². The number of fused-ring (bicyclic) bond motifs is 4. The van der Waals surface area contributed by atoms with Gasteiger partial charge in [-0.25, -0.2) is 0 Å². The molecule has 0 aromatic heterocycles. The lowest BCUT2D eigenvalue weighted by Crippen LogP contribution is -2.53. The van der Waals surface area contributed by atoms with Gasteiger partial charge in [-0.3, -0.25) is 9.59 Å². The smallest absolute Gasteiger partial charge is 0.318 e. The minimum absolute atomic E-state index is 0.0620. The first kappa shape index (κ1) is 12.6. The summed E-state index contributed by atoms with van der Waals surface area (Å²) in [5, 5.41) is 0. The standard InChI is InChI=1S/C17H22O4/c1-8-5-6-16-10-9(11(18)20-12(10)19)15(4,14(16,2)3)13-17(16,7-8)21-13/h8-10,13H,5-7H2,1-4H3/t8-,9+,10-,13+,15-,16+,17-/m1/s1. The summed E-state index contributed by atoms with van der Waals surface area (Å²) in [6.45, 7) is 8.97. The predicted octanol–water partition coefficient (Wildman–Crippen LogP) is 2.31. The van der Waals surface area contributed by atoms with Crippen molar-refractivity contribution in [2.45, 2.75) is 58.7 Å². The van der Waals surface area contributed by atoms with Crippen LogP contribution in [0.5, 0.6) is 0 Å². The van der Waals surface area contributed by atoms with E-state index in [1.165, 1.54) is 0 Å². The molecule has 2 aliphatic heterocycles. The van der Waals surface area contributed by atoms with Gasteiger partial charge in [0.1, 0.15) is 5.60 Å². The van der Waals surface area contributed by atoms with E-state index in [1.807, 2.05) is 0 Å². The molecule has 0 radical (unpaired) electrons. The Morgan fingerprint density at radius 3 is 2.48 bits per heavy atom. The number of rotatable bonds is 0. The average Bonchev–Trinajstić information content (AvgIpc) is 2.95. The van der Waals surface area contributed by atoms with E-state index in [4.69, 9.17) is 9.47 Å². The summed E-state index contributed by atoms with van der Waals surface area (Å²) in [6, 6.07) is 0. The summed E-state index contributed by atoms with van der Waals surface area (Å²) in [4.78, 5) is 24.8. The van der Waals surface area contributed by atoms with Crippen LogP contribution in [0, 0.1) is 34.0 Å². The highest BCUT2D eigenvalue weighted by Gasteiger charge is 2.97. The number of cyclic esters (lactones) is 2. The van der Waals surface area contributed by atoms with Crippen LogP contribution < -0.4 is 0 Å². The number of epoxide rings is 1. The predicted molar refractivity (Wildman–Crippen MR) is 73.0 cm³/mol. The Balaban J connectivity index is 1.80. The Kier molecular flexibility index (Phi) is 1.77. The second-order valence-corrected chi connectivity index (χ2v) is 8.81. The van der Waals surface area contributed by atoms with Crippen molar-refractivity contribution < 1.29 is 19.1 Å². The summed E-state index contributed by atoms with van der Waals surface area (Å²) < 4.78 is 11.4. The summed E-state index contributed by atoms with van der Waals surface area (Å²) in [5.74, 6) is -0.541. The molecule has 114 valence electrons. The minimum Gasteiger partial charge on any atom is -0.393 e. The number of hydrogen-bond acceptors (Lipinski definition) is 4. The molecule has 2 saturated heterocycles. The Labute approximate surface area is 124 Å². The number of carbonyl (C=O) groups excluding carboxylic acids is 2. The molecule has 3 saturated carbocycles. The number of hydrogen-bond donors (Lipinski definition) is 0. The molecular formula is C17H22O4. The molecule has 0 unspecified atom stereocenters. The van der Waals surface area contributed by atoms with Crippen molar-refractivity contribution in [3.8, 4) is 0 Å². The molecule has 0 aromatic rings. The lowest BCUT2D eigenvalue weighted by atomic mass is 9.52. The van der Waals surface area contributed by atoms with Gasteiger partial charge in [0, 0.05) is 10.8 Å². The second kappa shape index (κ2) is 2.94. The van der Waals surface area contributed by atoms with Crippen molar-refractivity contribution in [1.82, 2.24) is 0 Å². The zero-order valence-electron chi connectivity index (χ0n) is 13.1. The number of esters is 2. The molecule has 21 heavy (non-hydrogen) atoms. The Morgan fingerprint density at radius 1 is 1.10 bits per heavy atom.